The van der Waals surface area contributed by atoms with E-state index in [0.717, 1.165) is 22.6 Å². The van der Waals surface area contributed by atoms with Crippen LogP contribution in [-0.2, 0) is 0 Å². The lowest BCUT2D eigenvalue weighted by Crippen LogP contribution is -2.14. The number of nitrogens with two attached hydrogens (primary N) is 1. The van der Waals surface area contributed by atoms with Gasteiger partial charge in [-0.2, -0.15) is 0 Å². The lowest BCUT2D eigenvalue weighted by Gasteiger charge is -2.14. The molecule has 0 fully saturated rings. The zero-order valence-electron chi connectivity index (χ0n) is 13.3. The number of hydrogen-bond acceptors (Lipinski definition) is 2. The smallest absolute Gasteiger partial charge is 0.257 e. The Bertz CT molecular complexity index is 684. The summed E-state index contributed by atoms with van der Waals surface area (Å²) < 4.78 is 2.17. The van der Waals surface area contributed by atoms with Crippen LogP contribution in [0.5, 0.6) is 0 Å². The van der Waals surface area contributed by atoms with Gasteiger partial charge in [0, 0.05) is 28.8 Å². The molecular formula is C17H23N3O. The molecule has 0 aliphatic rings. The fraction of sp³-hybridized carbons (Fsp3) is 0.353. The average Bonchev–Trinajstić information content (AvgIpc) is 2.69. The van der Waals surface area contributed by atoms with Crippen LogP contribution in [0, 0.1) is 20.8 Å². The standard InChI is InChI=1S/C17H23N3O/c1-10(2)20-12(4)8-15(13(20)5)17(21)19-16-9-14(18)7-6-11(16)3/h6-10H,18H2,1-5H3,(H,19,21). The molecule has 2 rings (SSSR count). The van der Waals surface area contributed by atoms with Gasteiger partial charge in [-0.25, -0.2) is 0 Å². The summed E-state index contributed by atoms with van der Waals surface area (Å²) in [6, 6.07) is 7.79. The van der Waals surface area contributed by atoms with Crippen molar-refractivity contribution in [1.29, 1.82) is 0 Å². The van der Waals surface area contributed by atoms with Gasteiger partial charge in [-0.15, -0.1) is 0 Å². The highest BCUT2D eigenvalue weighted by Gasteiger charge is 2.17. The van der Waals surface area contributed by atoms with Crippen LogP contribution in [0.15, 0.2) is 24.3 Å². The molecule has 3 N–H and O–H groups in total. The normalized spacial score (nSPS) is 11.0. The molecule has 21 heavy (non-hydrogen) atoms. The number of aromatic nitrogens is 1. The maximum atomic E-state index is 12.5. The Hall–Kier alpha value is -2.23. The summed E-state index contributed by atoms with van der Waals surface area (Å²) >= 11 is 0. The van der Waals surface area contributed by atoms with Crippen LogP contribution < -0.4 is 11.1 Å². The number of carbonyl (C=O) groups is 1. The summed E-state index contributed by atoms with van der Waals surface area (Å²) in [4.78, 5) is 12.5. The van der Waals surface area contributed by atoms with Crippen LogP contribution >= 0.6 is 0 Å². The third-order valence-corrected chi connectivity index (χ3v) is 3.76. The summed E-state index contributed by atoms with van der Waals surface area (Å²) in [5.41, 5.74) is 11.0. The topological polar surface area (TPSA) is 60.0 Å². The number of rotatable bonds is 3. The molecule has 0 radical (unpaired) electrons. The van der Waals surface area contributed by atoms with Gasteiger partial charge in [-0.1, -0.05) is 6.07 Å². The molecule has 1 amide bonds. The average molecular weight is 285 g/mol. The van der Waals surface area contributed by atoms with Gasteiger partial charge in [-0.05, 0) is 58.4 Å². The second-order valence-electron chi connectivity index (χ2n) is 5.78. The van der Waals surface area contributed by atoms with Crippen LogP contribution in [0.3, 0.4) is 0 Å². The first-order valence-electron chi connectivity index (χ1n) is 7.17. The number of amides is 1. The maximum Gasteiger partial charge on any atom is 0.257 e. The summed E-state index contributed by atoms with van der Waals surface area (Å²) in [6.45, 7) is 10.2. The van der Waals surface area contributed by atoms with Crippen LogP contribution in [0.1, 0.15) is 47.2 Å². The minimum absolute atomic E-state index is 0.0938. The molecule has 0 aliphatic carbocycles. The van der Waals surface area contributed by atoms with E-state index < -0.39 is 0 Å². The number of aryl methyl sites for hydroxylation is 2. The number of hydrogen-bond donors (Lipinski definition) is 2. The first kappa shape index (κ1) is 15.2. The molecule has 4 nitrogen and oxygen atoms in total. The summed E-state index contributed by atoms with van der Waals surface area (Å²) in [6.07, 6.45) is 0. The first-order chi connectivity index (χ1) is 9.81. The lowest BCUT2D eigenvalue weighted by atomic mass is 10.1. The number of nitrogens with zero attached hydrogens (tertiary/aromatic N) is 1. The Labute approximate surface area is 126 Å². The van der Waals surface area contributed by atoms with Crippen molar-refractivity contribution in [1.82, 2.24) is 4.57 Å². The molecule has 0 aliphatic heterocycles. The fourth-order valence-electron chi connectivity index (χ4n) is 2.77. The van der Waals surface area contributed by atoms with E-state index in [4.69, 9.17) is 5.73 Å². The van der Waals surface area contributed by atoms with Gasteiger partial charge in [-0.3, -0.25) is 4.79 Å². The van der Waals surface area contributed by atoms with Crippen LogP contribution in [0.25, 0.3) is 0 Å². The highest BCUT2D eigenvalue weighted by molar-refractivity contribution is 6.05. The minimum Gasteiger partial charge on any atom is -0.399 e. The van der Waals surface area contributed by atoms with Gasteiger partial charge in [0.1, 0.15) is 0 Å². The van der Waals surface area contributed by atoms with Crippen LogP contribution in [-0.4, -0.2) is 10.5 Å². The quantitative estimate of drug-likeness (QED) is 0.842. The molecule has 0 bridgehead atoms. The number of nitrogens with one attached hydrogen (secondary N) is 1. The van der Waals surface area contributed by atoms with Crippen molar-refractivity contribution in [3.05, 3.63) is 46.8 Å². The van der Waals surface area contributed by atoms with E-state index in [1.54, 1.807) is 6.07 Å². The SMILES string of the molecule is Cc1ccc(N)cc1NC(=O)c1cc(C)n(C(C)C)c1C. The largest absolute Gasteiger partial charge is 0.399 e. The van der Waals surface area contributed by atoms with Gasteiger partial charge in [0.15, 0.2) is 0 Å². The summed E-state index contributed by atoms with van der Waals surface area (Å²) in [7, 11) is 0. The van der Waals surface area contributed by atoms with Crippen molar-refractivity contribution in [3.63, 3.8) is 0 Å². The summed E-state index contributed by atoms with van der Waals surface area (Å²) in [5.74, 6) is -0.0938. The van der Waals surface area contributed by atoms with Gasteiger partial charge in [0.25, 0.3) is 5.91 Å². The molecule has 1 heterocycles. The minimum atomic E-state index is -0.0938. The predicted octanol–water partition coefficient (Wildman–Crippen LogP) is 3.83. The maximum absolute atomic E-state index is 12.5. The Morgan fingerprint density at radius 1 is 1.19 bits per heavy atom. The molecule has 0 saturated heterocycles. The van der Waals surface area contributed by atoms with Crippen molar-refractivity contribution in [2.75, 3.05) is 11.1 Å². The Kier molecular flexibility index (Phi) is 4.07. The molecule has 112 valence electrons. The molecule has 2 aromatic rings. The van der Waals surface area contributed by atoms with Gasteiger partial charge in [0.2, 0.25) is 0 Å². The Morgan fingerprint density at radius 2 is 1.86 bits per heavy atom. The monoisotopic (exact) mass is 285 g/mol. The summed E-state index contributed by atoms with van der Waals surface area (Å²) in [5, 5.41) is 2.96. The molecular weight excluding hydrogens is 262 g/mol. The van der Waals surface area contributed by atoms with E-state index in [-0.39, 0.29) is 5.91 Å². The number of carbonyl (C=O) groups excluding carboxylic acids is 1. The van der Waals surface area contributed by atoms with E-state index in [0.29, 0.717) is 17.3 Å². The van der Waals surface area contributed by atoms with Crippen molar-refractivity contribution >= 4 is 17.3 Å². The van der Waals surface area contributed by atoms with E-state index >= 15 is 0 Å². The Balaban J connectivity index is 2.33. The number of benzene rings is 1. The highest BCUT2D eigenvalue weighted by Crippen LogP contribution is 2.23. The Morgan fingerprint density at radius 3 is 2.43 bits per heavy atom. The third-order valence-electron chi connectivity index (χ3n) is 3.76. The van der Waals surface area contributed by atoms with E-state index in [2.05, 4.69) is 23.7 Å². The second-order valence-corrected chi connectivity index (χ2v) is 5.78. The third kappa shape index (κ3) is 2.94. The lowest BCUT2D eigenvalue weighted by molar-refractivity contribution is 0.102. The zero-order valence-corrected chi connectivity index (χ0v) is 13.3. The van der Waals surface area contributed by atoms with Crippen molar-refractivity contribution in [3.8, 4) is 0 Å². The molecule has 0 unspecified atom stereocenters. The second kappa shape index (κ2) is 5.64. The molecule has 4 heteroatoms. The van der Waals surface area contributed by atoms with E-state index in [9.17, 15) is 4.79 Å². The van der Waals surface area contributed by atoms with Gasteiger partial charge >= 0.3 is 0 Å². The number of nitrogen functional groups attached to an aromatic ring is 1. The van der Waals surface area contributed by atoms with Crippen molar-refractivity contribution in [2.24, 2.45) is 0 Å². The first-order valence-corrected chi connectivity index (χ1v) is 7.17. The van der Waals surface area contributed by atoms with Gasteiger partial charge in [0.05, 0.1) is 5.56 Å². The van der Waals surface area contributed by atoms with Crippen molar-refractivity contribution in [2.45, 2.75) is 40.7 Å². The molecule has 1 aromatic carbocycles. The fourth-order valence-corrected chi connectivity index (χ4v) is 2.77. The van der Waals surface area contributed by atoms with E-state index in [1.807, 2.05) is 39.0 Å². The van der Waals surface area contributed by atoms with Crippen molar-refractivity contribution < 1.29 is 4.79 Å². The predicted molar refractivity (Wildman–Crippen MR) is 87.8 cm³/mol. The van der Waals surface area contributed by atoms with Gasteiger partial charge < -0.3 is 15.6 Å². The molecule has 0 spiro atoms. The molecule has 0 atom stereocenters. The van der Waals surface area contributed by atoms with Crippen LogP contribution in [0.4, 0.5) is 11.4 Å². The molecule has 0 saturated carbocycles. The zero-order chi connectivity index (χ0) is 15.7. The number of anilines is 2. The van der Waals surface area contributed by atoms with E-state index in [1.165, 1.54) is 0 Å². The van der Waals surface area contributed by atoms with Crippen LogP contribution in [0.2, 0.25) is 0 Å². The molecule has 1 aromatic heterocycles. The highest BCUT2D eigenvalue weighted by atomic mass is 16.1.